The van der Waals surface area contributed by atoms with Crippen molar-refractivity contribution in [1.82, 2.24) is 0 Å². The first kappa shape index (κ1) is 10.7. The molecule has 80 valence electrons. The van der Waals surface area contributed by atoms with Gasteiger partial charge in [-0.1, -0.05) is 41.9 Å². The Kier molecular flexibility index (Phi) is 3.81. The van der Waals surface area contributed by atoms with Crippen molar-refractivity contribution in [2.75, 3.05) is 6.61 Å². The molecule has 0 fully saturated rings. The van der Waals surface area contributed by atoms with E-state index in [0.717, 1.165) is 24.3 Å². The van der Waals surface area contributed by atoms with Gasteiger partial charge in [-0.15, -0.1) is 0 Å². The Morgan fingerprint density at radius 3 is 2.80 bits per heavy atom. The van der Waals surface area contributed by atoms with Crippen LogP contribution in [0.4, 0.5) is 0 Å². The van der Waals surface area contributed by atoms with Crippen LogP contribution >= 0.6 is 11.6 Å². The van der Waals surface area contributed by atoms with Crippen LogP contribution in [0.1, 0.15) is 18.4 Å². The number of hydrogen-bond acceptors (Lipinski definition) is 1. The van der Waals surface area contributed by atoms with E-state index in [2.05, 4.69) is 24.3 Å². The molecule has 15 heavy (non-hydrogen) atoms. The zero-order chi connectivity index (χ0) is 10.5. The van der Waals surface area contributed by atoms with Gasteiger partial charge in [0, 0.05) is 11.5 Å². The summed E-state index contributed by atoms with van der Waals surface area (Å²) in [5, 5.41) is 0.944. The van der Waals surface area contributed by atoms with Crippen LogP contribution in [0.3, 0.4) is 0 Å². The summed E-state index contributed by atoms with van der Waals surface area (Å²) in [4.78, 5) is 0. The Morgan fingerprint density at radius 2 is 2.07 bits per heavy atom. The Labute approximate surface area is 95.7 Å². The van der Waals surface area contributed by atoms with Gasteiger partial charge in [0.15, 0.2) is 0 Å². The van der Waals surface area contributed by atoms with Gasteiger partial charge in [0.2, 0.25) is 0 Å². The van der Waals surface area contributed by atoms with Crippen LogP contribution in [0.15, 0.2) is 41.4 Å². The molecule has 2 heteroatoms. The summed E-state index contributed by atoms with van der Waals surface area (Å²) in [6.45, 7) is 0.665. The summed E-state index contributed by atoms with van der Waals surface area (Å²) in [6.07, 6.45) is 5.22. The molecule has 0 aromatic heterocycles. The maximum atomic E-state index is 5.97. The quantitative estimate of drug-likeness (QED) is 0.760. The second-order valence-electron chi connectivity index (χ2n) is 3.83. The highest BCUT2D eigenvalue weighted by Crippen LogP contribution is 2.21. The largest absolute Gasteiger partial charge is 0.374 e. The number of rotatable bonds is 3. The second kappa shape index (κ2) is 5.34. The van der Waals surface area contributed by atoms with Crippen molar-refractivity contribution >= 4 is 11.6 Å². The molecular formula is C13H15ClO. The topological polar surface area (TPSA) is 9.23 Å². The van der Waals surface area contributed by atoms with Crippen LogP contribution in [-0.2, 0) is 11.2 Å². The summed E-state index contributed by atoms with van der Waals surface area (Å²) in [5.41, 5.74) is 1.37. The second-order valence-corrected chi connectivity index (χ2v) is 4.32. The van der Waals surface area contributed by atoms with E-state index in [0.29, 0.717) is 12.7 Å². The molecule has 1 aliphatic rings. The molecule has 0 bridgehead atoms. The fourth-order valence-electron chi connectivity index (χ4n) is 1.79. The standard InChI is InChI=1S/C13H15ClO/c14-12-8-9-15-13(10-12)7-6-11-4-2-1-3-5-11/h1-5,8,13H,6-7,9-10H2. The molecule has 0 aliphatic carbocycles. The molecule has 1 aromatic carbocycles. The fraction of sp³-hybridized carbons (Fsp3) is 0.385. The van der Waals surface area contributed by atoms with E-state index in [1.807, 2.05) is 12.1 Å². The number of hydrogen-bond donors (Lipinski definition) is 0. The Bertz CT molecular complexity index is 332. The lowest BCUT2D eigenvalue weighted by Gasteiger charge is -2.20. The van der Waals surface area contributed by atoms with Gasteiger partial charge in [-0.25, -0.2) is 0 Å². The Hall–Kier alpha value is -0.790. The van der Waals surface area contributed by atoms with Crippen LogP contribution in [0.2, 0.25) is 0 Å². The zero-order valence-corrected chi connectivity index (χ0v) is 9.41. The molecule has 1 heterocycles. The lowest BCUT2D eigenvalue weighted by Crippen LogP contribution is -2.18. The highest BCUT2D eigenvalue weighted by Gasteiger charge is 2.14. The minimum atomic E-state index is 0.294. The van der Waals surface area contributed by atoms with Gasteiger partial charge in [0.1, 0.15) is 0 Å². The summed E-state index contributed by atoms with van der Waals surface area (Å²) in [5.74, 6) is 0. The van der Waals surface area contributed by atoms with Crippen molar-refractivity contribution in [1.29, 1.82) is 0 Å². The van der Waals surface area contributed by atoms with Gasteiger partial charge in [-0.05, 0) is 24.5 Å². The molecule has 0 amide bonds. The van der Waals surface area contributed by atoms with Crippen LogP contribution in [0.5, 0.6) is 0 Å². The SMILES string of the molecule is ClC1=CCOC(CCc2ccccc2)C1. The molecule has 1 aliphatic heterocycles. The van der Waals surface area contributed by atoms with Crippen molar-refractivity contribution in [3.05, 3.63) is 47.0 Å². The van der Waals surface area contributed by atoms with E-state index in [-0.39, 0.29) is 0 Å². The van der Waals surface area contributed by atoms with E-state index < -0.39 is 0 Å². The van der Waals surface area contributed by atoms with Gasteiger partial charge >= 0.3 is 0 Å². The maximum Gasteiger partial charge on any atom is 0.0665 e. The summed E-state index contributed by atoms with van der Waals surface area (Å²) >= 11 is 5.97. The molecule has 0 saturated heterocycles. The third kappa shape index (κ3) is 3.37. The average molecular weight is 223 g/mol. The first-order valence-electron chi connectivity index (χ1n) is 5.34. The first-order valence-corrected chi connectivity index (χ1v) is 5.72. The molecule has 0 N–H and O–H groups in total. The molecule has 0 spiro atoms. The monoisotopic (exact) mass is 222 g/mol. The first-order chi connectivity index (χ1) is 7.34. The van der Waals surface area contributed by atoms with Gasteiger partial charge in [-0.2, -0.15) is 0 Å². The van der Waals surface area contributed by atoms with E-state index in [1.54, 1.807) is 0 Å². The minimum absolute atomic E-state index is 0.294. The highest BCUT2D eigenvalue weighted by atomic mass is 35.5. The van der Waals surface area contributed by atoms with E-state index >= 15 is 0 Å². The van der Waals surface area contributed by atoms with Crippen LogP contribution < -0.4 is 0 Å². The van der Waals surface area contributed by atoms with E-state index in [9.17, 15) is 0 Å². The molecule has 2 rings (SSSR count). The number of benzene rings is 1. The van der Waals surface area contributed by atoms with Crippen molar-refractivity contribution in [3.63, 3.8) is 0 Å². The van der Waals surface area contributed by atoms with Crippen LogP contribution in [-0.4, -0.2) is 12.7 Å². The summed E-state index contributed by atoms with van der Waals surface area (Å²) < 4.78 is 5.61. The normalized spacial score (nSPS) is 21.1. The minimum Gasteiger partial charge on any atom is -0.374 e. The van der Waals surface area contributed by atoms with Gasteiger partial charge in [0.25, 0.3) is 0 Å². The molecular weight excluding hydrogens is 208 g/mol. The van der Waals surface area contributed by atoms with Gasteiger partial charge in [-0.3, -0.25) is 0 Å². The van der Waals surface area contributed by atoms with Crippen LogP contribution in [0, 0.1) is 0 Å². The summed E-state index contributed by atoms with van der Waals surface area (Å²) in [6, 6.07) is 10.5. The highest BCUT2D eigenvalue weighted by molar-refractivity contribution is 6.29. The zero-order valence-electron chi connectivity index (χ0n) is 8.66. The molecule has 1 aromatic rings. The average Bonchev–Trinajstić information content (AvgIpc) is 2.28. The molecule has 1 atom stereocenters. The van der Waals surface area contributed by atoms with Crippen molar-refractivity contribution < 1.29 is 4.74 Å². The maximum absolute atomic E-state index is 5.97. The predicted molar refractivity (Wildman–Crippen MR) is 63.1 cm³/mol. The van der Waals surface area contributed by atoms with Crippen molar-refractivity contribution in [3.8, 4) is 0 Å². The van der Waals surface area contributed by atoms with Gasteiger partial charge in [0.05, 0.1) is 12.7 Å². The number of halogens is 1. The van der Waals surface area contributed by atoms with Crippen molar-refractivity contribution in [2.24, 2.45) is 0 Å². The fourth-order valence-corrected chi connectivity index (χ4v) is 2.03. The number of ether oxygens (including phenoxy) is 1. The van der Waals surface area contributed by atoms with Crippen LogP contribution in [0.25, 0.3) is 0 Å². The van der Waals surface area contributed by atoms with Gasteiger partial charge < -0.3 is 4.74 Å². The molecule has 1 nitrogen and oxygen atoms in total. The molecule has 0 saturated carbocycles. The lowest BCUT2D eigenvalue weighted by atomic mass is 10.0. The van der Waals surface area contributed by atoms with E-state index in [1.165, 1.54) is 5.56 Å². The Balaban J connectivity index is 1.81. The Morgan fingerprint density at radius 1 is 1.27 bits per heavy atom. The van der Waals surface area contributed by atoms with E-state index in [4.69, 9.17) is 16.3 Å². The van der Waals surface area contributed by atoms with Crippen molar-refractivity contribution in [2.45, 2.75) is 25.4 Å². The smallest absolute Gasteiger partial charge is 0.0665 e. The number of aryl methyl sites for hydroxylation is 1. The third-order valence-corrected chi connectivity index (χ3v) is 2.97. The summed E-state index contributed by atoms with van der Waals surface area (Å²) in [7, 11) is 0. The third-order valence-electron chi connectivity index (χ3n) is 2.66. The predicted octanol–water partition coefficient (Wildman–Crippen LogP) is 3.53. The molecule has 0 radical (unpaired) electrons. The lowest BCUT2D eigenvalue weighted by molar-refractivity contribution is 0.0607. The molecule has 1 unspecified atom stereocenters.